The van der Waals surface area contributed by atoms with Crippen molar-refractivity contribution in [3.05, 3.63) is 69.2 Å². The fourth-order valence-corrected chi connectivity index (χ4v) is 7.02. The third-order valence-corrected chi connectivity index (χ3v) is 9.49. The van der Waals surface area contributed by atoms with Crippen molar-refractivity contribution in [2.45, 2.75) is 69.1 Å². The van der Waals surface area contributed by atoms with Gasteiger partial charge in [0.05, 0.1) is 29.8 Å². The number of aliphatic hydroxyl groups excluding tert-OH is 2. The average molecular weight is 625 g/mol. The fraction of sp³-hybridized carbons (Fsp3) is 0.548. The predicted octanol–water partition coefficient (Wildman–Crippen LogP) is 4.86. The molecule has 4 N–H and O–H groups in total. The number of ether oxygens (including phenoxy) is 1. The molecule has 0 radical (unpaired) electrons. The second-order valence-corrected chi connectivity index (χ2v) is 12.8. The lowest BCUT2D eigenvalue weighted by Gasteiger charge is -2.42. The van der Waals surface area contributed by atoms with E-state index in [4.69, 9.17) is 33.0 Å². The first kappa shape index (κ1) is 32.6. The molecule has 2 aromatic carbocycles. The molecule has 4 unspecified atom stereocenters. The van der Waals surface area contributed by atoms with Gasteiger partial charge in [0.2, 0.25) is 5.91 Å². The van der Waals surface area contributed by atoms with Crippen LogP contribution in [0.5, 0.6) is 0 Å². The molecule has 2 fully saturated rings. The Morgan fingerprint density at radius 2 is 1.98 bits per heavy atom. The van der Waals surface area contributed by atoms with E-state index in [2.05, 4.69) is 30.6 Å². The van der Waals surface area contributed by atoms with Gasteiger partial charge in [0.25, 0.3) is 0 Å². The van der Waals surface area contributed by atoms with Crippen LogP contribution in [0.15, 0.2) is 36.4 Å². The second-order valence-electron chi connectivity index (χ2n) is 11.9. The Kier molecular flexibility index (Phi) is 10.5. The highest BCUT2D eigenvalue weighted by Crippen LogP contribution is 2.54. The number of hydrogen-bond donors (Lipinski definition) is 4. The van der Waals surface area contributed by atoms with Crippen LogP contribution in [-0.2, 0) is 14.9 Å². The monoisotopic (exact) mass is 623 g/mol. The van der Waals surface area contributed by atoms with Crippen molar-refractivity contribution in [2.24, 2.45) is 11.3 Å². The minimum absolute atomic E-state index is 0.00468. The zero-order valence-electron chi connectivity index (χ0n) is 23.7. The molecule has 11 heteroatoms. The number of nitriles is 1. The Morgan fingerprint density at radius 1 is 1.26 bits per heavy atom. The molecule has 42 heavy (non-hydrogen) atoms. The van der Waals surface area contributed by atoms with E-state index in [9.17, 15) is 15.2 Å². The lowest BCUT2D eigenvalue weighted by Crippen LogP contribution is -2.47. The number of benzene rings is 2. The van der Waals surface area contributed by atoms with Crippen LogP contribution in [-0.4, -0.2) is 60.7 Å². The third-order valence-electron chi connectivity index (χ3n) is 8.96. The molecule has 0 aromatic heterocycles. The first-order valence-electron chi connectivity index (χ1n) is 14.2. The molecule has 2 heterocycles. The normalized spacial score (nSPS) is 25.6. The Morgan fingerprint density at radius 3 is 2.62 bits per heavy atom. The summed E-state index contributed by atoms with van der Waals surface area (Å²) in [6, 6.07) is 8.83. The Hall–Kier alpha value is -2.32. The van der Waals surface area contributed by atoms with Gasteiger partial charge < -0.3 is 25.6 Å². The SMILES string of the molecule is CC(C)(CC1NC(C(=O)NCC[C@H](O)CO)C(c2cccc(Cl)c2F)C1(C#N)c1ccc(Cl)cc1F)C1CCOCC1. The summed E-state index contributed by atoms with van der Waals surface area (Å²) in [7, 11) is 0. The maximum Gasteiger partial charge on any atom is 0.237 e. The topological polar surface area (TPSA) is 115 Å². The highest BCUT2D eigenvalue weighted by Gasteiger charge is 2.61. The van der Waals surface area contributed by atoms with Crippen molar-refractivity contribution in [2.75, 3.05) is 26.4 Å². The summed E-state index contributed by atoms with van der Waals surface area (Å²) in [4.78, 5) is 13.8. The second kappa shape index (κ2) is 13.5. The number of carbonyl (C=O) groups is 1. The van der Waals surface area contributed by atoms with Crippen LogP contribution >= 0.6 is 23.2 Å². The van der Waals surface area contributed by atoms with E-state index in [1.807, 2.05) is 0 Å². The molecule has 5 atom stereocenters. The van der Waals surface area contributed by atoms with Crippen LogP contribution in [0.2, 0.25) is 10.0 Å². The van der Waals surface area contributed by atoms with Gasteiger partial charge in [0, 0.05) is 42.3 Å². The number of halogens is 4. The van der Waals surface area contributed by atoms with E-state index in [0.29, 0.717) is 19.6 Å². The lowest BCUT2D eigenvalue weighted by molar-refractivity contribution is -0.123. The van der Waals surface area contributed by atoms with E-state index < -0.39 is 53.7 Å². The number of nitrogens with one attached hydrogen (secondary N) is 2. The van der Waals surface area contributed by atoms with Crippen molar-refractivity contribution >= 4 is 29.1 Å². The Labute approximate surface area is 255 Å². The van der Waals surface area contributed by atoms with E-state index in [-0.39, 0.29) is 45.5 Å². The number of nitrogens with zero attached hydrogens (tertiary/aromatic N) is 1. The standard InChI is InChI=1S/C31H37Cl2F2N3O4/c1-30(2,18-9-12-42-13-10-18)15-25-31(17-36,22-7-6-19(32)14-24(22)34)26(21-4-3-5-23(33)27(21)35)28(38-25)29(41)37-11-8-20(40)16-39/h3-7,14,18,20,25-26,28,38-40H,8-13,15-16H2,1-2H3,(H,37,41)/t20-,25?,26?,28?,31?/m0/s1. The number of amides is 1. The molecule has 0 bridgehead atoms. The number of hydrogen-bond acceptors (Lipinski definition) is 6. The average Bonchev–Trinajstić information content (AvgIpc) is 3.28. The Bertz CT molecular complexity index is 1320. The molecular weight excluding hydrogens is 587 g/mol. The van der Waals surface area contributed by atoms with E-state index in [1.165, 1.54) is 30.3 Å². The first-order valence-corrected chi connectivity index (χ1v) is 14.9. The van der Waals surface area contributed by atoms with Crippen molar-refractivity contribution in [3.8, 4) is 6.07 Å². The van der Waals surface area contributed by atoms with Crippen LogP contribution in [0.3, 0.4) is 0 Å². The minimum Gasteiger partial charge on any atom is -0.394 e. The molecule has 2 saturated heterocycles. The molecule has 0 spiro atoms. The molecule has 4 rings (SSSR count). The van der Waals surface area contributed by atoms with Gasteiger partial charge in [0.1, 0.15) is 17.0 Å². The van der Waals surface area contributed by atoms with Crippen LogP contribution in [0.4, 0.5) is 8.78 Å². The van der Waals surface area contributed by atoms with Gasteiger partial charge in [-0.25, -0.2) is 8.78 Å². The number of rotatable bonds is 10. The van der Waals surface area contributed by atoms with Gasteiger partial charge >= 0.3 is 0 Å². The molecule has 2 aromatic rings. The van der Waals surface area contributed by atoms with Crippen LogP contribution in [0, 0.1) is 34.3 Å². The summed E-state index contributed by atoms with van der Waals surface area (Å²) in [5, 5.41) is 36.0. The summed E-state index contributed by atoms with van der Waals surface area (Å²) in [5.74, 6) is -3.02. The molecule has 2 aliphatic rings. The number of carbonyl (C=O) groups excluding carboxylic acids is 1. The molecule has 228 valence electrons. The van der Waals surface area contributed by atoms with Crippen molar-refractivity contribution in [1.82, 2.24) is 10.6 Å². The smallest absolute Gasteiger partial charge is 0.237 e. The maximum atomic E-state index is 15.9. The summed E-state index contributed by atoms with van der Waals surface area (Å²) >= 11 is 12.3. The van der Waals surface area contributed by atoms with Crippen LogP contribution in [0.1, 0.15) is 56.6 Å². The molecule has 0 aliphatic carbocycles. The van der Waals surface area contributed by atoms with E-state index >= 15 is 8.78 Å². The zero-order chi connectivity index (χ0) is 30.7. The van der Waals surface area contributed by atoms with Gasteiger partial charge in [-0.1, -0.05) is 55.2 Å². The van der Waals surface area contributed by atoms with Crippen molar-refractivity contribution in [1.29, 1.82) is 5.26 Å². The van der Waals surface area contributed by atoms with Gasteiger partial charge in [-0.05, 0) is 60.8 Å². The van der Waals surface area contributed by atoms with Crippen molar-refractivity contribution in [3.63, 3.8) is 0 Å². The summed E-state index contributed by atoms with van der Waals surface area (Å²) < 4.78 is 37.3. The van der Waals surface area contributed by atoms with Gasteiger partial charge in [-0.15, -0.1) is 0 Å². The molecule has 7 nitrogen and oxygen atoms in total. The summed E-state index contributed by atoms with van der Waals surface area (Å²) in [6.07, 6.45) is 1.06. The minimum atomic E-state index is -1.74. The lowest BCUT2D eigenvalue weighted by atomic mass is 9.60. The quantitative estimate of drug-likeness (QED) is 0.300. The van der Waals surface area contributed by atoms with Crippen molar-refractivity contribution < 1.29 is 28.5 Å². The Balaban J connectivity index is 1.88. The van der Waals surface area contributed by atoms with Gasteiger partial charge in [-0.3, -0.25) is 4.79 Å². The fourth-order valence-electron chi connectivity index (χ4n) is 6.68. The largest absolute Gasteiger partial charge is 0.394 e. The van der Waals surface area contributed by atoms with E-state index in [0.717, 1.165) is 18.9 Å². The zero-order valence-corrected chi connectivity index (χ0v) is 25.2. The molecule has 0 saturated carbocycles. The molecular formula is C31H37Cl2F2N3O4. The third kappa shape index (κ3) is 6.45. The number of aliphatic hydroxyl groups is 2. The van der Waals surface area contributed by atoms with E-state index in [1.54, 1.807) is 0 Å². The summed E-state index contributed by atoms with van der Waals surface area (Å²) in [6.45, 7) is 4.96. The highest BCUT2D eigenvalue weighted by molar-refractivity contribution is 6.31. The van der Waals surface area contributed by atoms with Crippen LogP contribution in [0.25, 0.3) is 0 Å². The maximum absolute atomic E-state index is 15.9. The molecule has 1 amide bonds. The molecule has 2 aliphatic heterocycles. The van der Waals surface area contributed by atoms with Gasteiger partial charge in [-0.2, -0.15) is 5.26 Å². The van der Waals surface area contributed by atoms with Gasteiger partial charge in [0.15, 0.2) is 0 Å². The van der Waals surface area contributed by atoms with Crippen LogP contribution < -0.4 is 10.6 Å². The predicted molar refractivity (Wildman–Crippen MR) is 156 cm³/mol. The first-order chi connectivity index (χ1) is 20.0. The summed E-state index contributed by atoms with van der Waals surface area (Å²) in [5.41, 5.74) is -2.09. The highest BCUT2D eigenvalue weighted by atomic mass is 35.5.